The predicted molar refractivity (Wildman–Crippen MR) is 74.3 cm³/mol. The van der Waals surface area contributed by atoms with Gasteiger partial charge in [0, 0.05) is 24.0 Å². The molecule has 0 unspecified atom stereocenters. The fraction of sp³-hybridized carbons (Fsp3) is 0.462. The summed E-state index contributed by atoms with van der Waals surface area (Å²) in [5.74, 6) is -0.00269. The average molecular weight is 263 g/mol. The molecular formula is C13H17N3OS. The van der Waals surface area contributed by atoms with E-state index >= 15 is 0 Å². The molecular weight excluding hydrogens is 246 g/mol. The molecule has 0 saturated heterocycles. The van der Waals surface area contributed by atoms with Crippen molar-refractivity contribution in [3.8, 4) is 0 Å². The van der Waals surface area contributed by atoms with E-state index in [-0.39, 0.29) is 11.9 Å². The first-order chi connectivity index (χ1) is 8.68. The van der Waals surface area contributed by atoms with Crippen molar-refractivity contribution in [1.82, 2.24) is 9.88 Å². The number of nitrogens with zero attached hydrogens (tertiary/aromatic N) is 2. The van der Waals surface area contributed by atoms with Crippen LogP contribution in [0.2, 0.25) is 0 Å². The summed E-state index contributed by atoms with van der Waals surface area (Å²) in [6.07, 6.45) is 7.67. The maximum atomic E-state index is 12.5. The van der Waals surface area contributed by atoms with Gasteiger partial charge in [-0.2, -0.15) is 0 Å². The summed E-state index contributed by atoms with van der Waals surface area (Å²) in [5.41, 5.74) is 6.25. The molecule has 0 aliphatic heterocycles. The number of rotatable bonds is 4. The van der Waals surface area contributed by atoms with Crippen molar-refractivity contribution in [2.45, 2.75) is 31.7 Å². The number of hydrogen-bond donors (Lipinski definition) is 1. The SMILES string of the molecule is NC(=S)CN(C(=O)c1ccncc1)C1CCCC1. The van der Waals surface area contributed by atoms with Crippen LogP contribution < -0.4 is 5.73 Å². The fourth-order valence-corrected chi connectivity index (χ4v) is 2.55. The molecule has 0 aromatic carbocycles. The molecule has 1 aromatic heterocycles. The summed E-state index contributed by atoms with van der Waals surface area (Å²) in [4.78, 5) is 18.5. The molecule has 0 radical (unpaired) electrons. The van der Waals surface area contributed by atoms with Crippen LogP contribution in [-0.4, -0.2) is 33.4 Å². The molecule has 0 atom stereocenters. The van der Waals surface area contributed by atoms with Crippen LogP contribution in [0.4, 0.5) is 0 Å². The van der Waals surface area contributed by atoms with Crippen LogP contribution in [-0.2, 0) is 0 Å². The highest BCUT2D eigenvalue weighted by Crippen LogP contribution is 2.24. The van der Waals surface area contributed by atoms with Gasteiger partial charge in [-0.15, -0.1) is 0 Å². The van der Waals surface area contributed by atoms with Gasteiger partial charge in [-0.25, -0.2) is 0 Å². The van der Waals surface area contributed by atoms with Crippen molar-refractivity contribution >= 4 is 23.1 Å². The summed E-state index contributed by atoms with van der Waals surface area (Å²) >= 11 is 4.95. The van der Waals surface area contributed by atoms with Crippen molar-refractivity contribution < 1.29 is 4.79 Å². The highest BCUT2D eigenvalue weighted by molar-refractivity contribution is 7.80. The maximum absolute atomic E-state index is 12.5. The van der Waals surface area contributed by atoms with E-state index in [0.717, 1.165) is 12.8 Å². The number of aromatic nitrogens is 1. The summed E-state index contributed by atoms with van der Waals surface area (Å²) in [5, 5.41) is 0. The minimum Gasteiger partial charge on any atom is -0.392 e. The van der Waals surface area contributed by atoms with Gasteiger partial charge >= 0.3 is 0 Å². The Kier molecular flexibility index (Phi) is 4.25. The molecule has 1 amide bonds. The Bertz CT molecular complexity index is 429. The molecule has 1 aliphatic carbocycles. The number of carbonyl (C=O) groups is 1. The van der Waals surface area contributed by atoms with Gasteiger partial charge in [0.25, 0.3) is 5.91 Å². The van der Waals surface area contributed by atoms with Crippen molar-refractivity contribution in [3.05, 3.63) is 30.1 Å². The van der Waals surface area contributed by atoms with Crippen LogP contribution >= 0.6 is 12.2 Å². The van der Waals surface area contributed by atoms with Crippen LogP contribution in [0.5, 0.6) is 0 Å². The Morgan fingerprint density at radius 2 is 2.00 bits per heavy atom. The smallest absolute Gasteiger partial charge is 0.254 e. The number of amides is 1. The normalized spacial score (nSPS) is 15.6. The first-order valence-corrected chi connectivity index (χ1v) is 6.58. The molecule has 0 bridgehead atoms. The minimum atomic E-state index is -0.00269. The highest BCUT2D eigenvalue weighted by Gasteiger charge is 2.27. The summed E-state index contributed by atoms with van der Waals surface area (Å²) < 4.78 is 0. The van der Waals surface area contributed by atoms with E-state index < -0.39 is 0 Å². The molecule has 1 aromatic rings. The van der Waals surface area contributed by atoms with Gasteiger partial charge in [0.15, 0.2) is 0 Å². The molecule has 1 fully saturated rings. The lowest BCUT2D eigenvalue weighted by Crippen LogP contribution is -2.43. The van der Waals surface area contributed by atoms with Crippen LogP contribution in [0.1, 0.15) is 36.0 Å². The molecule has 18 heavy (non-hydrogen) atoms. The zero-order valence-electron chi connectivity index (χ0n) is 10.2. The molecule has 2 rings (SSSR count). The first-order valence-electron chi connectivity index (χ1n) is 6.18. The zero-order valence-corrected chi connectivity index (χ0v) is 11.0. The monoisotopic (exact) mass is 263 g/mol. The lowest BCUT2D eigenvalue weighted by Gasteiger charge is -2.28. The lowest BCUT2D eigenvalue weighted by atomic mass is 10.1. The second-order valence-electron chi connectivity index (χ2n) is 4.57. The Balaban J connectivity index is 2.17. The average Bonchev–Trinajstić information content (AvgIpc) is 2.89. The standard InChI is InChI=1S/C13H17N3OS/c14-12(18)9-16(11-3-1-2-4-11)13(17)10-5-7-15-8-6-10/h5-8,11H,1-4,9H2,(H2,14,18). The van der Waals surface area contributed by atoms with E-state index in [1.54, 1.807) is 24.5 Å². The van der Waals surface area contributed by atoms with Gasteiger partial charge in [0.1, 0.15) is 0 Å². The first kappa shape index (κ1) is 13.0. The Morgan fingerprint density at radius 1 is 1.39 bits per heavy atom. The highest BCUT2D eigenvalue weighted by atomic mass is 32.1. The molecule has 5 heteroatoms. The number of hydrogen-bond acceptors (Lipinski definition) is 3. The molecule has 1 aliphatic rings. The molecule has 0 spiro atoms. The van der Waals surface area contributed by atoms with Crippen molar-refractivity contribution in [2.24, 2.45) is 5.73 Å². The predicted octanol–water partition coefficient (Wildman–Crippen LogP) is 1.75. The van der Waals surface area contributed by atoms with Crippen molar-refractivity contribution in [2.75, 3.05) is 6.54 Å². The summed E-state index contributed by atoms with van der Waals surface area (Å²) in [7, 11) is 0. The molecule has 1 heterocycles. The summed E-state index contributed by atoms with van der Waals surface area (Å²) in [6.45, 7) is 0.362. The second-order valence-corrected chi connectivity index (χ2v) is 5.10. The van der Waals surface area contributed by atoms with E-state index in [1.807, 2.05) is 4.90 Å². The van der Waals surface area contributed by atoms with Crippen LogP contribution in [0.25, 0.3) is 0 Å². The van der Waals surface area contributed by atoms with E-state index in [4.69, 9.17) is 18.0 Å². The third-order valence-corrected chi connectivity index (χ3v) is 3.41. The minimum absolute atomic E-state index is 0.00269. The number of thiocarbonyl (C=S) groups is 1. The van der Waals surface area contributed by atoms with E-state index in [9.17, 15) is 4.79 Å². The number of pyridine rings is 1. The quantitative estimate of drug-likeness (QED) is 0.841. The van der Waals surface area contributed by atoms with Gasteiger partial charge in [-0.05, 0) is 25.0 Å². The van der Waals surface area contributed by atoms with Crippen molar-refractivity contribution in [3.63, 3.8) is 0 Å². The van der Waals surface area contributed by atoms with Gasteiger partial charge in [-0.1, -0.05) is 25.1 Å². The maximum Gasteiger partial charge on any atom is 0.254 e. The van der Waals surface area contributed by atoms with Gasteiger partial charge < -0.3 is 10.6 Å². The van der Waals surface area contributed by atoms with E-state index in [0.29, 0.717) is 17.1 Å². The molecule has 4 nitrogen and oxygen atoms in total. The number of carbonyl (C=O) groups excluding carboxylic acids is 1. The number of nitrogens with two attached hydrogens (primary N) is 1. The third kappa shape index (κ3) is 3.04. The zero-order chi connectivity index (χ0) is 13.0. The topological polar surface area (TPSA) is 59.2 Å². The Hall–Kier alpha value is -1.49. The van der Waals surface area contributed by atoms with Gasteiger partial charge in [0.05, 0.1) is 11.5 Å². The van der Waals surface area contributed by atoms with Gasteiger partial charge in [0.2, 0.25) is 0 Å². The van der Waals surface area contributed by atoms with Crippen LogP contribution in [0.15, 0.2) is 24.5 Å². The Labute approximate surface area is 112 Å². The van der Waals surface area contributed by atoms with Crippen LogP contribution in [0.3, 0.4) is 0 Å². The fourth-order valence-electron chi connectivity index (χ4n) is 2.41. The molecule has 2 N–H and O–H groups in total. The molecule has 1 saturated carbocycles. The van der Waals surface area contributed by atoms with Crippen molar-refractivity contribution in [1.29, 1.82) is 0 Å². The van der Waals surface area contributed by atoms with E-state index in [2.05, 4.69) is 4.98 Å². The summed E-state index contributed by atoms with van der Waals surface area (Å²) in [6, 6.07) is 3.72. The Morgan fingerprint density at radius 3 is 2.56 bits per heavy atom. The molecule has 96 valence electrons. The van der Waals surface area contributed by atoms with E-state index in [1.165, 1.54) is 12.8 Å². The van der Waals surface area contributed by atoms with Gasteiger partial charge in [-0.3, -0.25) is 9.78 Å². The third-order valence-electron chi connectivity index (χ3n) is 3.28. The largest absolute Gasteiger partial charge is 0.392 e. The lowest BCUT2D eigenvalue weighted by molar-refractivity contribution is 0.0714. The van der Waals surface area contributed by atoms with Crippen LogP contribution in [0, 0.1) is 0 Å². The second kappa shape index (κ2) is 5.91.